The molecule has 0 bridgehead atoms. The zero-order valence-corrected chi connectivity index (χ0v) is 58.1. The normalized spacial score (nSPS) is 15.8. The van der Waals surface area contributed by atoms with Gasteiger partial charge in [-0.05, 0) is 159 Å². The number of rotatable bonds is 39. The van der Waals surface area contributed by atoms with E-state index < -0.39 is 89.7 Å². The van der Waals surface area contributed by atoms with Crippen LogP contribution in [0.2, 0.25) is 0 Å². The third kappa shape index (κ3) is 25.4. The molecule has 1 heterocycles. The van der Waals surface area contributed by atoms with Crippen LogP contribution in [0, 0.1) is 19.8 Å². The molecule has 0 saturated heterocycles. The number of nitrogens with zero attached hydrogens (tertiary/aromatic N) is 2. The van der Waals surface area contributed by atoms with Crippen LogP contribution in [0.4, 0.5) is 0 Å². The summed E-state index contributed by atoms with van der Waals surface area (Å²) in [6, 6.07) is 27.5. The monoisotopic (exact) mass is 1370 g/mol. The zero-order valence-electron chi connectivity index (χ0n) is 58.1. The molecule has 8 atom stereocenters. The van der Waals surface area contributed by atoms with E-state index in [9.17, 15) is 48.6 Å². The summed E-state index contributed by atoms with van der Waals surface area (Å²) in [6.45, 7) is 4.97. The van der Waals surface area contributed by atoms with Crippen LogP contribution in [0.1, 0.15) is 147 Å². The molecule has 2 aliphatic rings. The maximum Gasteiger partial charge on any atom is 0.243 e. The number of unbranched alkanes of at least 4 members (excludes halogenated alkanes) is 5. The molecule has 1 fully saturated rings. The highest BCUT2D eigenvalue weighted by Crippen LogP contribution is 2.30. The maximum atomic E-state index is 14.8. The van der Waals surface area contributed by atoms with E-state index in [2.05, 4.69) is 42.2 Å². The number of phenols is 2. The van der Waals surface area contributed by atoms with Gasteiger partial charge in [0.25, 0.3) is 0 Å². The second-order valence-electron chi connectivity index (χ2n) is 26.8. The Kier molecular flexibility index (Phi) is 31.7. The lowest BCUT2D eigenvalue weighted by atomic mass is 9.84. The second kappa shape index (κ2) is 40.6. The molecule has 24 nitrogen and oxygen atoms in total. The summed E-state index contributed by atoms with van der Waals surface area (Å²) in [5.41, 5.74) is 36.4. The Morgan fingerprint density at radius 3 is 1.61 bits per heavy atom. The molecule has 100 heavy (non-hydrogen) atoms. The van der Waals surface area contributed by atoms with Crippen LogP contribution in [0.25, 0.3) is 0 Å². The van der Waals surface area contributed by atoms with Gasteiger partial charge in [-0.25, -0.2) is 0 Å². The number of phenolic OH excluding ortho intramolecular Hbond substituents is 2. The summed E-state index contributed by atoms with van der Waals surface area (Å²) < 4.78 is 0. The third-order valence-electron chi connectivity index (χ3n) is 18.9. The minimum Gasteiger partial charge on any atom is -0.508 e. The van der Waals surface area contributed by atoms with Crippen LogP contribution in [0.3, 0.4) is 0 Å². The van der Waals surface area contributed by atoms with Crippen LogP contribution in [-0.4, -0.2) is 143 Å². The Morgan fingerprint density at radius 2 is 1.01 bits per heavy atom. The standard InChI is InChI=1S/C76H106N14O10/c1-49-40-58(92)41-50(2)59(49)47-60(78)68(93)85-63(31-21-39-84-76(80)81)71(96)88-65(44-52-24-11-7-12-25-52)72(97)86-62(30-17-18-36-77)69(94)82-37-19-4-3-5-20-38-83-70(95)64(43-51-22-9-6-10-23-51)87-73(98)66(45-53-26-13-8-14-27-53)89-74(99)67-46-55-28-15-16-29-56(55)48-90(67)75(100)61(79)42-54-32-34-57(91)35-33-54/h6-7,9-12,15-16,22-25,28-29,32-35,40-41,53,60-67,91-92H,3-5,8,13-14,17-21,26-27,30-31,36-39,42-48,77-79H2,1-2H3,(H,82,94)(H,83,95)(H,85,93)(H,86,97)(H,87,98)(H,88,96)(H,89,99)(H4,80,81,84)/t60-,61-,62-,63+,64-,65-,66-,67-/m0/s1. The minimum atomic E-state index is -1.18. The number of fused-ring (bicyclic) bond motifs is 1. The number of aliphatic imine (C=N–C) groups is 1. The number of aromatic hydroxyl groups is 2. The summed E-state index contributed by atoms with van der Waals surface area (Å²) >= 11 is 0. The molecule has 0 aromatic heterocycles. The Balaban J connectivity index is 0.929. The number of benzene rings is 5. The van der Waals surface area contributed by atoms with E-state index in [4.69, 9.17) is 28.7 Å². The molecule has 5 aromatic carbocycles. The van der Waals surface area contributed by atoms with E-state index in [1.54, 1.807) is 24.3 Å². The first-order valence-electron chi connectivity index (χ1n) is 35.5. The zero-order chi connectivity index (χ0) is 71.9. The third-order valence-corrected chi connectivity index (χ3v) is 18.9. The molecular weight excluding hydrogens is 1270 g/mol. The lowest BCUT2D eigenvalue weighted by Crippen LogP contribution is -2.60. The van der Waals surface area contributed by atoms with Gasteiger partial charge in [-0.3, -0.25) is 43.3 Å². The van der Waals surface area contributed by atoms with Crippen molar-refractivity contribution in [1.29, 1.82) is 0 Å². The molecular formula is C76H106N14O10. The van der Waals surface area contributed by atoms with Gasteiger partial charge in [0.05, 0.1) is 12.1 Å². The van der Waals surface area contributed by atoms with Crippen molar-refractivity contribution < 1.29 is 48.6 Å². The lowest BCUT2D eigenvalue weighted by Gasteiger charge is -2.38. The van der Waals surface area contributed by atoms with Gasteiger partial charge < -0.3 is 81.0 Å². The number of hydrogen-bond acceptors (Lipinski definition) is 14. The fraction of sp³-hybridized carbons (Fsp3) is 0.487. The van der Waals surface area contributed by atoms with Crippen LogP contribution >= 0.6 is 0 Å². The quantitative estimate of drug-likeness (QED) is 0.0148. The first-order valence-corrected chi connectivity index (χ1v) is 35.5. The molecule has 5 aromatic rings. The molecule has 7 rings (SSSR count). The number of guanidine groups is 1. The summed E-state index contributed by atoms with van der Waals surface area (Å²) in [4.78, 5) is 120. The van der Waals surface area contributed by atoms with Crippen molar-refractivity contribution in [3.8, 4) is 11.5 Å². The van der Waals surface area contributed by atoms with E-state index in [1.807, 2.05) is 98.8 Å². The van der Waals surface area contributed by atoms with Crippen molar-refractivity contribution in [3.05, 3.63) is 166 Å². The highest BCUT2D eigenvalue weighted by Gasteiger charge is 2.40. The molecule has 1 aliphatic heterocycles. The van der Waals surface area contributed by atoms with Crippen molar-refractivity contribution in [1.82, 2.24) is 42.1 Å². The van der Waals surface area contributed by atoms with Gasteiger partial charge in [0.2, 0.25) is 47.3 Å². The number of nitrogens with two attached hydrogens (primary N) is 5. The van der Waals surface area contributed by atoms with Crippen LogP contribution < -0.4 is 65.9 Å². The van der Waals surface area contributed by atoms with Crippen molar-refractivity contribution in [3.63, 3.8) is 0 Å². The lowest BCUT2D eigenvalue weighted by molar-refractivity contribution is -0.144. The first kappa shape index (κ1) is 78.0. The molecule has 0 unspecified atom stereocenters. The summed E-state index contributed by atoms with van der Waals surface area (Å²) in [6.07, 6.45) is 11.4. The van der Waals surface area contributed by atoms with Crippen LogP contribution in [0.5, 0.6) is 11.5 Å². The Morgan fingerprint density at radius 1 is 0.510 bits per heavy atom. The number of hydrogen-bond donors (Lipinski definition) is 14. The van der Waals surface area contributed by atoms with Crippen LogP contribution in [-0.2, 0) is 77.0 Å². The molecule has 540 valence electrons. The molecule has 24 heteroatoms. The van der Waals surface area contributed by atoms with E-state index >= 15 is 0 Å². The first-order chi connectivity index (χ1) is 48.1. The topological polar surface area (TPSA) is 407 Å². The average molecular weight is 1380 g/mol. The predicted molar refractivity (Wildman–Crippen MR) is 387 cm³/mol. The molecule has 1 aliphatic carbocycles. The Bertz CT molecular complexity index is 3470. The van der Waals surface area contributed by atoms with Crippen LogP contribution in [0.15, 0.2) is 126 Å². The number of nitrogens with one attached hydrogen (secondary N) is 7. The molecule has 0 spiro atoms. The summed E-state index contributed by atoms with van der Waals surface area (Å²) in [5.74, 6) is -3.82. The summed E-state index contributed by atoms with van der Waals surface area (Å²) in [7, 11) is 0. The molecule has 8 amide bonds. The Labute approximate surface area is 588 Å². The fourth-order valence-electron chi connectivity index (χ4n) is 13.2. The summed E-state index contributed by atoms with van der Waals surface area (Å²) in [5, 5.41) is 40.7. The van der Waals surface area contributed by atoms with Crippen molar-refractivity contribution >= 4 is 53.2 Å². The number of aryl methyl sites for hydroxylation is 2. The van der Waals surface area contributed by atoms with Gasteiger partial charge in [0.15, 0.2) is 5.96 Å². The van der Waals surface area contributed by atoms with Crippen molar-refractivity contribution in [2.45, 2.75) is 204 Å². The largest absolute Gasteiger partial charge is 0.508 e. The average Bonchev–Trinajstić information content (AvgIpc) is 0.789. The molecule has 1 saturated carbocycles. The van der Waals surface area contributed by atoms with Crippen molar-refractivity contribution in [2.75, 3.05) is 26.2 Å². The van der Waals surface area contributed by atoms with E-state index in [1.165, 1.54) is 17.0 Å². The maximum absolute atomic E-state index is 14.8. The van der Waals surface area contributed by atoms with Crippen molar-refractivity contribution in [2.24, 2.45) is 39.6 Å². The molecule has 19 N–H and O–H groups in total. The number of amides is 8. The highest BCUT2D eigenvalue weighted by molar-refractivity contribution is 5.97. The molecule has 0 radical (unpaired) electrons. The highest BCUT2D eigenvalue weighted by atomic mass is 16.3. The van der Waals surface area contributed by atoms with Gasteiger partial charge in [0, 0.05) is 45.4 Å². The fourth-order valence-corrected chi connectivity index (χ4v) is 13.2. The smallest absolute Gasteiger partial charge is 0.243 e. The SMILES string of the molecule is Cc1cc(O)cc(C)c1C[C@H](N)C(=O)N[C@H](CCCN=C(N)N)C(=O)N[C@@H](Cc1ccccc1)C(=O)N[C@@H](CCCCN)C(=O)NCCCCCCCNC(=O)[C@H](Cc1ccccc1)NC(=O)[C@H](CC1CCCCC1)NC(=O)[C@@H]1Cc2ccccc2CN1C(=O)[C@@H](N)Cc1ccc(O)cc1. The number of carbonyl (C=O) groups is 8. The second-order valence-corrected chi connectivity index (χ2v) is 26.8. The van der Waals surface area contributed by atoms with Gasteiger partial charge >= 0.3 is 0 Å². The van der Waals surface area contributed by atoms with E-state index in [0.29, 0.717) is 58.2 Å². The van der Waals surface area contributed by atoms with Gasteiger partial charge in [-0.2, -0.15) is 0 Å². The van der Waals surface area contributed by atoms with E-state index in [0.717, 1.165) is 95.9 Å². The minimum absolute atomic E-state index is 0.0602. The Hall–Kier alpha value is -9.39. The number of carbonyl (C=O) groups excluding carboxylic acids is 8. The van der Waals surface area contributed by atoms with Gasteiger partial charge in [-0.1, -0.05) is 148 Å². The van der Waals surface area contributed by atoms with Gasteiger partial charge in [0.1, 0.15) is 47.8 Å². The van der Waals surface area contributed by atoms with E-state index in [-0.39, 0.29) is 87.3 Å². The van der Waals surface area contributed by atoms with Gasteiger partial charge in [-0.15, -0.1) is 0 Å². The predicted octanol–water partition coefficient (Wildman–Crippen LogP) is 4.35.